The molecule has 0 heterocycles. The SMILES string of the molecule is Cc1cc(NC(=O)C2CCC(F)(F)CC2)ccc1C(N)=O. The van der Waals surface area contributed by atoms with Crippen molar-refractivity contribution in [1.82, 2.24) is 0 Å². The van der Waals surface area contributed by atoms with Gasteiger partial charge in [0, 0.05) is 30.0 Å². The number of alkyl halides is 2. The largest absolute Gasteiger partial charge is 0.366 e. The summed E-state index contributed by atoms with van der Waals surface area (Å²) in [6.07, 6.45) is -0.107. The molecule has 2 amide bonds. The van der Waals surface area contributed by atoms with E-state index in [4.69, 9.17) is 5.73 Å². The van der Waals surface area contributed by atoms with Crippen LogP contribution in [0.4, 0.5) is 14.5 Å². The van der Waals surface area contributed by atoms with Gasteiger partial charge in [-0.1, -0.05) is 0 Å². The summed E-state index contributed by atoms with van der Waals surface area (Å²) in [5.41, 5.74) is 6.81. The fourth-order valence-corrected chi connectivity index (χ4v) is 2.56. The Hall–Kier alpha value is -1.98. The topological polar surface area (TPSA) is 72.2 Å². The number of hydrogen-bond donors (Lipinski definition) is 2. The number of primary amides is 1. The van der Waals surface area contributed by atoms with Crippen molar-refractivity contribution in [2.75, 3.05) is 5.32 Å². The molecule has 1 aliphatic rings. The smallest absolute Gasteiger partial charge is 0.248 e. The van der Waals surface area contributed by atoms with Gasteiger partial charge >= 0.3 is 0 Å². The lowest BCUT2D eigenvalue weighted by Gasteiger charge is -2.27. The van der Waals surface area contributed by atoms with Crippen LogP contribution in [0.15, 0.2) is 18.2 Å². The highest BCUT2D eigenvalue weighted by atomic mass is 19.3. The Bertz CT molecular complexity index is 563. The molecule has 1 aromatic carbocycles. The van der Waals surface area contributed by atoms with Gasteiger partial charge in [0.15, 0.2) is 0 Å². The Morgan fingerprint density at radius 3 is 2.43 bits per heavy atom. The van der Waals surface area contributed by atoms with Gasteiger partial charge in [-0.25, -0.2) is 8.78 Å². The van der Waals surface area contributed by atoms with Gasteiger partial charge in [-0.05, 0) is 43.5 Å². The maximum Gasteiger partial charge on any atom is 0.248 e. The normalized spacial score (nSPS) is 18.2. The molecule has 0 bridgehead atoms. The Morgan fingerprint density at radius 2 is 1.90 bits per heavy atom. The lowest BCUT2D eigenvalue weighted by molar-refractivity contribution is -0.124. The summed E-state index contributed by atoms with van der Waals surface area (Å²) in [4.78, 5) is 23.2. The molecule has 1 aliphatic carbocycles. The summed E-state index contributed by atoms with van der Waals surface area (Å²) in [6.45, 7) is 1.72. The molecule has 0 aromatic heterocycles. The first-order valence-electron chi connectivity index (χ1n) is 6.88. The van der Waals surface area contributed by atoms with Crippen LogP contribution in [-0.4, -0.2) is 17.7 Å². The number of carbonyl (C=O) groups excluding carboxylic acids is 2. The van der Waals surface area contributed by atoms with Gasteiger partial charge in [0.25, 0.3) is 0 Å². The van der Waals surface area contributed by atoms with E-state index < -0.39 is 11.8 Å². The number of nitrogens with one attached hydrogen (secondary N) is 1. The van der Waals surface area contributed by atoms with E-state index in [9.17, 15) is 18.4 Å². The number of halogens is 2. The van der Waals surface area contributed by atoms with Crippen LogP contribution in [0.3, 0.4) is 0 Å². The van der Waals surface area contributed by atoms with Crippen molar-refractivity contribution >= 4 is 17.5 Å². The van der Waals surface area contributed by atoms with E-state index in [0.29, 0.717) is 16.8 Å². The maximum absolute atomic E-state index is 13.1. The molecule has 114 valence electrons. The molecule has 21 heavy (non-hydrogen) atoms. The standard InChI is InChI=1S/C15H18F2N2O2/c1-9-8-11(2-3-12(9)13(18)20)19-14(21)10-4-6-15(16,17)7-5-10/h2-3,8,10H,4-7H2,1H3,(H2,18,20)(H,19,21). The lowest BCUT2D eigenvalue weighted by Crippen LogP contribution is -2.31. The van der Waals surface area contributed by atoms with E-state index in [1.54, 1.807) is 25.1 Å². The molecule has 1 fully saturated rings. The number of nitrogens with two attached hydrogens (primary N) is 1. The van der Waals surface area contributed by atoms with Gasteiger partial charge in [-0.2, -0.15) is 0 Å². The highest BCUT2D eigenvalue weighted by Gasteiger charge is 2.37. The molecule has 4 nitrogen and oxygen atoms in total. The van der Waals surface area contributed by atoms with Crippen molar-refractivity contribution < 1.29 is 18.4 Å². The Morgan fingerprint density at radius 1 is 1.29 bits per heavy atom. The quantitative estimate of drug-likeness (QED) is 0.900. The van der Waals surface area contributed by atoms with Crippen LogP contribution in [0.25, 0.3) is 0 Å². The van der Waals surface area contributed by atoms with Gasteiger partial charge in [0.2, 0.25) is 17.7 Å². The predicted molar refractivity (Wildman–Crippen MR) is 75.2 cm³/mol. The molecular weight excluding hydrogens is 278 g/mol. The van der Waals surface area contributed by atoms with Gasteiger partial charge in [-0.3, -0.25) is 9.59 Å². The minimum atomic E-state index is -2.64. The van der Waals surface area contributed by atoms with E-state index in [-0.39, 0.29) is 37.5 Å². The van der Waals surface area contributed by atoms with Gasteiger partial charge in [0.05, 0.1) is 0 Å². The zero-order valence-corrected chi connectivity index (χ0v) is 11.8. The summed E-state index contributed by atoms with van der Waals surface area (Å²) in [6, 6.07) is 4.78. The first-order valence-corrected chi connectivity index (χ1v) is 6.88. The zero-order valence-electron chi connectivity index (χ0n) is 11.8. The van der Waals surface area contributed by atoms with Crippen LogP contribution in [0.2, 0.25) is 0 Å². The van der Waals surface area contributed by atoms with Gasteiger partial charge < -0.3 is 11.1 Å². The molecule has 0 radical (unpaired) electrons. The molecule has 0 spiro atoms. The van der Waals surface area contributed by atoms with Crippen molar-refractivity contribution in [3.05, 3.63) is 29.3 Å². The number of amides is 2. The summed E-state index contributed by atoms with van der Waals surface area (Å²) in [5.74, 6) is -3.81. The third-order valence-corrected chi connectivity index (χ3v) is 3.85. The number of benzene rings is 1. The third kappa shape index (κ3) is 3.77. The van der Waals surface area contributed by atoms with Crippen LogP contribution in [0, 0.1) is 12.8 Å². The second-order valence-electron chi connectivity index (χ2n) is 5.51. The van der Waals surface area contributed by atoms with Crippen LogP contribution in [0.1, 0.15) is 41.6 Å². The maximum atomic E-state index is 13.1. The fraction of sp³-hybridized carbons (Fsp3) is 0.467. The molecule has 3 N–H and O–H groups in total. The Kier molecular flexibility index (Phi) is 4.25. The lowest BCUT2D eigenvalue weighted by atomic mass is 9.86. The molecular formula is C15H18F2N2O2. The fourth-order valence-electron chi connectivity index (χ4n) is 2.56. The third-order valence-electron chi connectivity index (χ3n) is 3.85. The van der Waals surface area contributed by atoms with Crippen LogP contribution in [0.5, 0.6) is 0 Å². The van der Waals surface area contributed by atoms with Crippen LogP contribution >= 0.6 is 0 Å². The second-order valence-corrected chi connectivity index (χ2v) is 5.51. The molecule has 0 aliphatic heterocycles. The minimum Gasteiger partial charge on any atom is -0.366 e. The molecule has 0 saturated heterocycles. The van der Waals surface area contributed by atoms with Crippen LogP contribution in [-0.2, 0) is 4.79 Å². The number of carbonyl (C=O) groups is 2. The first kappa shape index (κ1) is 15.4. The average molecular weight is 296 g/mol. The molecule has 1 aromatic rings. The van der Waals surface area contributed by atoms with Crippen molar-refractivity contribution in [3.8, 4) is 0 Å². The van der Waals surface area contributed by atoms with Crippen molar-refractivity contribution in [3.63, 3.8) is 0 Å². The highest BCUT2D eigenvalue weighted by Crippen LogP contribution is 2.36. The number of aryl methyl sites for hydroxylation is 1. The predicted octanol–water partition coefficient (Wildman–Crippen LogP) is 2.86. The monoisotopic (exact) mass is 296 g/mol. The number of rotatable bonds is 3. The van der Waals surface area contributed by atoms with E-state index >= 15 is 0 Å². The average Bonchev–Trinajstić information content (AvgIpc) is 2.38. The van der Waals surface area contributed by atoms with Crippen LogP contribution < -0.4 is 11.1 Å². The van der Waals surface area contributed by atoms with E-state index in [2.05, 4.69) is 5.32 Å². The Balaban J connectivity index is 2.00. The minimum absolute atomic E-state index is 0.192. The van der Waals surface area contributed by atoms with Gasteiger partial charge in [0.1, 0.15) is 0 Å². The molecule has 1 saturated carbocycles. The van der Waals surface area contributed by atoms with E-state index in [1.165, 1.54) is 0 Å². The number of anilines is 1. The molecule has 0 atom stereocenters. The molecule has 0 unspecified atom stereocenters. The summed E-state index contributed by atoms with van der Waals surface area (Å²) >= 11 is 0. The van der Waals surface area contributed by atoms with Crippen molar-refractivity contribution in [1.29, 1.82) is 0 Å². The van der Waals surface area contributed by atoms with Crippen molar-refractivity contribution in [2.24, 2.45) is 11.7 Å². The van der Waals surface area contributed by atoms with Gasteiger partial charge in [-0.15, -0.1) is 0 Å². The molecule has 2 rings (SSSR count). The number of hydrogen-bond acceptors (Lipinski definition) is 2. The van der Waals surface area contributed by atoms with E-state index in [0.717, 1.165) is 0 Å². The second kappa shape index (κ2) is 5.79. The van der Waals surface area contributed by atoms with E-state index in [1.807, 2.05) is 0 Å². The highest BCUT2D eigenvalue weighted by molar-refractivity contribution is 5.96. The summed E-state index contributed by atoms with van der Waals surface area (Å²) < 4.78 is 26.1. The Labute approximate surface area is 121 Å². The van der Waals surface area contributed by atoms with Crippen molar-refractivity contribution in [2.45, 2.75) is 38.5 Å². The first-order chi connectivity index (χ1) is 9.78. The summed E-state index contributed by atoms with van der Waals surface area (Å²) in [5, 5.41) is 2.71. The zero-order chi connectivity index (χ0) is 15.6. The summed E-state index contributed by atoms with van der Waals surface area (Å²) in [7, 11) is 0. The molecule has 6 heteroatoms.